The van der Waals surface area contributed by atoms with Crippen LogP contribution >= 0.6 is 39.7 Å². The summed E-state index contributed by atoms with van der Waals surface area (Å²) in [6, 6.07) is 15.7. The highest BCUT2D eigenvalue weighted by Crippen LogP contribution is 2.38. The average molecular weight is 580 g/mol. The molecule has 7 nitrogen and oxygen atoms in total. The number of rotatable bonds is 9. The number of para-hydroxylation sites is 1. The Morgan fingerprint density at radius 1 is 1.11 bits per heavy atom. The summed E-state index contributed by atoms with van der Waals surface area (Å²) in [5, 5.41) is 7.45. The number of halogens is 3. The number of hydrogen-bond donors (Lipinski definition) is 2. The molecular formula is C24H21BrClFN4O3S. The fourth-order valence-corrected chi connectivity index (χ4v) is 4.47. The zero-order chi connectivity index (χ0) is 24.9. The molecule has 2 N–H and O–H groups in total. The number of hydrogen-bond acceptors (Lipinski definition) is 6. The molecule has 0 aliphatic rings. The lowest BCUT2D eigenvalue weighted by molar-refractivity contribution is 0.278. The zero-order valence-corrected chi connectivity index (χ0v) is 21.9. The first-order valence-corrected chi connectivity index (χ1v) is 12.0. The maximum Gasteiger partial charge on any atom is 0.214 e. The van der Waals surface area contributed by atoms with Crippen LogP contribution in [0.1, 0.15) is 11.1 Å². The van der Waals surface area contributed by atoms with E-state index in [0.717, 1.165) is 11.1 Å². The maximum absolute atomic E-state index is 14.1. The first kappa shape index (κ1) is 25.0. The lowest BCUT2D eigenvalue weighted by Crippen LogP contribution is -2.16. The van der Waals surface area contributed by atoms with E-state index in [0.29, 0.717) is 43.9 Å². The summed E-state index contributed by atoms with van der Waals surface area (Å²) in [6.45, 7) is 0.342. The van der Waals surface area contributed by atoms with Crippen LogP contribution in [0.4, 0.5) is 4.39 Å². The van der Waals surface area contributed by atoms with Crippen LogP contribution < -0.4 is 19.6 Å². The minimum Gasteiger partial charge on any atom is -0.496 e. The van der Waals surface area contributed by atoms with E-state index in [9.17, 15) is 4.39 Å². The smallest absolute Gasteiger partial charge is 0.214 e. The van der Waals surface area contributed by atoms with Crippen LogP contribution in [-0.4, -0.2) is 29.1 Å². The molecular weight excluding hydrogens is 559 g/mol. The summed E-state index contributed by atoms with van der Waals surface area (Å²) >= 11 is 15.1. The van der Waals surface area contributed by atoms with Crippen molar-refractivity contribution in [3.8, 4) is 28.6 Å². The fourth-order valence-electron chi connectivity index (χ4n) is 3.45. The Bertz CT molecular complexity index is 1390. The van der Waals surface area contributed by atoms with Gasteiger partial charge in [-0.05, 0) is 70.1 Å². The highest BCUT2D eigenvalue weighted by atomic mass is 79.9. The Kier molecular flexibility index (Phi) is 7.94. The van der Waals surface area contributed by atoms with Crippen LogP contribution in [-0.2, 0) is 13.2 Å². The molecule has 0 amide bonds. The van der Waals surface area contributed by atoms with Crippen molar-refractivity contribution in [1.29, 1.82) is 0 Å². The Hall–Kier alpha value is -3.08. The number of benzene rings is 3. The summed E-state index contributed by atoms with van der Waals surface area (Å²) in [7, 11) is 3.14. The largest absolute Gasteiger partial charge is 0.496 e. The first-order valence-electron chi connectivity index (χ1n) is 10.4. The SMILES string of the molecule is COc1ccccc1-c1n[nH]c(=S)n1NCc1cc(Br)c(OCc2c(F)cccc2Cl)c(OC)c1. The molecule has 182 valence electrons. The molecule has 0 unspecified atom stereocenters. The third-order valence-corrected chi connectivity index (χ3v) is 6.39. The third-order valence-electron chi connectivity index (χ3n) is 5.17. The van der Waals surface area contributed by atoms with E-state index >= 15 is 0 Å². The minimum absolute atomic E-state index is 0.0511. The van der Waals surface area contributed by atoms with Crippen LogP contribution in [0.3, 0.4) is 0 Å². The van der Waals surface area contributed by atoms with Gasteiger partial charge < -0.3 is 19.6 Å². The van der Waals surface area contributed by atoms with Gasteiger partial charge in [0.05, 0.1) is 35.8 Å². The van der Waals surface area contributed by atoms with Gasteiger partial charge in [-0.15, -0.1) is 0 Å². The average Bonchev–Trinajstić information content (AvgIpc) is 3.22. The predicted molar refractivity (Wildman–Crippen MR) is 139 cm³/mol. The van der Waals surface area contributed by atoms with Gasteiger partial charge in [-0.25, -0.2) is 14.2 Å². The standard InChI is InChI=1S/C24H21BrClFN4O3S/c1-32-20-9-4-3-6-15(20)23-29-30-24(35)31(23)28-12-14-10-17(25)22(21(11-14)33-2)34-13-16-18(26)7-5-8-19(16)27/h3-11,28H,12-13H2,1-2H3,(H,30,35). The van der Waals surface area contributed by atoms with Crippen molar-refractivity contribution in [3.63, 3.8) is 0 Å². The van der Waals surface area contributed by atoms with E-state index in [4.69, 9.17) is 38.0 Å². The summed E-state index contributed by atoms with van der Waals surface area (Å²) in [5.74, 6) is 1.73. The highest BCUT2D eigenvalue weighted by molar-refractivity contribution is 9.10. The quantitative estimate of drug-likeness (QED) is 0.221. The second kappa shape index (κ2) is 11.1. The molecule has 4 rings (SSSR count). The molecule has 0 fully saturated rings. The van der Waals surface area contributed by atoms with Gasteiger partial charge in [-0.3, -0.25) is 0 Å². The second-order valence-corrected chi connectivity index (χ2v) is 8.97. The van der Waals surface area contributed by atoms with Gasteiger partial charge in [0.15, 0.2) is 17.3 Å². The van der Waals surface area contributed by atoms with Crippen LogP contribution in [0.5, 0.6) is 17.2 Å². The van der Waals surface area contributed by atoms with E-state index in [1.54, 1.807) is 23.9 Å². The Balaban J connectivity index is 1.55. The summed E-state index contributed by atoms with van der Waals surface area (Å²) in [4.78, 5) is 0. The van der Waals surface area contributed by atoms with E-state index in [1.807, 2.05) is 36.4 Å². The number of nitrogens with one attached hydrogen (secondary N) is 2. The van der Waals surface area contributed by atoms with E-state index < -0.39 is 5.82 Å². The van der Waals surface area contributed by atoms with Crippen LogP contribution in [0.25, 0.3) is 11.4 Å². The van der Waals surface area contributed by atoms with Crippen molar-refractivity contribution in [3.05, 3.63) is 85.8 Å². The molecule has 11 heteroatoms. The number of H-pyrrole nitrogens is 1. The fraction of sp³-hybridized carbons (Fsp3) is 0.167. The summed E-state index contributed by atoms with van der Waals surface area (Å²) < 4.78 is 33.7. The lowest BCUT2D eigenvalue weighted by Gasteiger charge is -2.16. The van der Waals surface area contributed by atoms with E-state index in [-0.39, 0.29) is 12.2 Å². The van der Waals surface area contributed by atoms with Crippen molar-refractivity contribution in [2.24, 2.45) is 0 Å². The summed E-state index contributed by atoms with van der Waals surface area (Å²) in [5.41, 5.74) is 5.20. The molecule has 1 aromatic heterocycles. The maximum atomic E-state index is 14.1. The molecule has 35 heavy (non-hydrogen) atoms. The second-order valence-electron chi connectivity index (χ2n) is 7.32. The molecule has 3 aromatic carbocycles. The monoisotopic (exact) mass is 578 g/mol. The third kappa shape index (κ3) is 5.44. The van der Waals surface area contributed by atoms with Gasteiger partial charge in [0, 0.05) is 5.56 Å². The molecule has 4 aromatic rings. The van der Waals surface area contributed by atoms with Crippen LogP contribution in [0, 0.1) is 10.6 Å². The van der Waals surface area contributed by atoms with Crippen molar-refractivity contribution < 1.29 is 18.6 Å². The first-order chi connectivity index (χ1) is 16.9. The molecule has 0 spiro atoms. The number of aromatic nitrogens is 3. The molecule has 0 saturated heterocycles. The molecule has 1 heterocycles. The highest BCUT2D eigenvalue weighted by Gasteiger charge is 2.16. The predicted octanol–water partition coefficient (Wildman–Crippen LogP) is 6.50. The number of aromatic amines is 1. The van der Waals surface area contributed by atoms with E-state index in [2.05, 4.69) is 31.6 Å². The number of methoxy groups -OCH3 is 2. The Morgan fingerprint density at radius 2 is 1.89 bits per heavy atom. The molecule has 0 atom stereocenters. The lowest BCUT2D eigenvalue weighted by atomic mass is 10.2. The number of nitrogens with zero attached hydrogens (tertiary/aromatic N) is 2. The van der Waals surface area contributed by atoms with Crippen molar-refractivity contribution in [2.45, 2.75) is 13.2 Å². The molecule has 0 aliphatic carbocycles. The zero-order valence-electron chi connectivity index (χ0n) is 18.8. The Morgan fingerprint density at radius 3 is 2.63 bits per heavy atom. The van der Waals surface area contributed by atoms with E-state index in [1.165, 1.54) is 13.2 Å². The molecule has 0 radical (unpaired) electrons. The Labute approximate surface area is 219 Å². The summed E-state index contributed by atoms with van der Waals surface area (Å²) in [6.07, 6.45) is 0. The molecule has 0 aliphatic heterocycles. The molecule has 0 bridgehead atoms. The van der Waals surface area contributed by atoms with Crippen molar-refractivity contribution in [1.82, 2.24) is 14.9 Å². The minimum atomic E-state index is -0.434. The van der Waals surface area contributed by atoms with Gasteiger partial charge >= 0.3 is 0 Å². The van der Waals surface area contributed by atoms with Gasteiger partial charge in [0.2, 0.25) is 4.77 Å². The topological polar surface area (TPSA) is 73.3 Å². The molecule has 0 saturated carbocycles. The van der Waals surface area contributed by atoms with Gasteiger partial charge in [-0.2, -0.15) is 5.10 Å². The normalized spacial score (nSPS) is 10.8. The van der Waals surface area contributed by atoms with Crippen molar-refractivity contribution >= 4 is 39.7 Å². The number of ether oxygens (including phenoxy) is 3. The van der Waals surface area contributed by atoms with Gasteiger partial charge in [0.1, 0.15) is 18.2 Å². The van der Waals surface area contributed by atoms with Crippen LogP contribution in [0.15, 0.2) is 59.1 Å². The van der Waals surface area contributed by atoms with Gasteiger partial charge in [-0.1, -0.05) is 29.8 Å². The van der Waals surface area contributed by atoms with Gasteiger partial charge in [0.25, 0.3) is 0 Å². The van der Waals surface area contributed by atoms with Crippen LogP contribution in [0.2, 0.25) is 5.02 Å². The van der Waals surface area contributed by atoms with Crippen molar-refractivity contribution in [2.75, 3.05) is 19.6 Å².